The second-order valence-electron chi connectivity index (χ2n) is 6.66. The molecule has 1 fully saturated rings. The first-order chi connectivity index (χ1) is 12.7. The summed E-state index contributed by atoms with van der Waals surface area (Å²) in [5.41, 5.74) is 2.03. The van der Waals surface area contributed by atoms with E-state index in [4.69, 9.17) is 9.72 Å². The van der Waals surface area contributed by atoms with E-state index < -0.39 is 0 Å². The molecule has 1 aliphatic rings. The third kappa shape index (κ3) is 5.41. The second-order valence-corrected chi connectivity index (χ2v) is 6.66. The van der Waals surface area contributed by atoms with Gasteiger partial charge >= 0.3 is 0 Å². The number of morpholine rings is 1. The predicted octanol–water partition coefficient (Wildman–Crippen LogP) is 3.10. The SMILES string of the molecule is CCC(C)Nc1cc(-c2ccccc2)nc(NCCN2CCOCC2)n1. The van der Waals surface area contributed by atoms with Crippen LogP contribution in [0.25, 0.3) is 11.3 Å². The average Bonchev–Trinajstić information content (AvgIpc) is 2.69. The Kier molecular flexibility index (Phi) is 6.80. The van der Waals surface area contributed by atoms with E-state index in [1.807, 2.05) is 24.3 Å². The highest BCUT2D eigenvalue weighted by Gasteiger charge is 2.11. The van der Waals surface area contributed by atoms with E-state index in [-0.39, 0.29) is 0 Å². The molecule has 0 spiro atoms. The van der Waals surface area contributed by atoms with Crippen LogP contribution in [-0.2, 0) is 4.74 Å². The van der Waals surface area contributed by atoms with Crippen LogP contribution in [0, 0.1) is 0 Å². The standard InChI is InChI=1S/C20H29N5O/c1-3-16(2)22-19-15-18(17-7-5-4-6-8-17)23-20(24-19)21-9-10-25-11-13-26-14-12-25/h4-8,15-16H,3,9-14H2,1-2H3,(H2,21,22,23,24). The number of hydrogen-bond donors (Lipinski definition) is 2. The molecule has 0 radical (unpaired) electrons. The van der Waals surface area contributed by atoms with Crippen LogP contribution in [0.3, 0.4) is 0 Å². The minimum atomic E-state index is 0.370. The molecule has 0 amide bonds. The van der Waals surface area contributed by atoms with Gasteiger partial charge < -0.3 is 15.4 Å². The Morgan fingerprint density at radius 3 is 2.65 bits per heavy atom. The highest BCUT2D eigenvalue weighted by molar-refractivity contribution is 5.64. The number of anilines is 2. The number of nitrogens with zero attached hydrogens (tertiary/aromatic N) is 3. The van der Waals surface area contributed by atoms with Crippen molar-refractivity contribution in [2.75, 3.05) is 50.0 Å². The molecular weight excluding hydrogens is 326 g/mol. The summed E-state index contributed by atoms with van der Waals surface area (Å²) in [5, 5.41) is 6.85. The topological polar surface area (TPSA) is 62.3 Å². The van der Waals surface area contributed by atoms with E-state index in [1.165, 1.54) is 0 Å². The van der Waals surface area contributed by atoms with Crippen molar-refractivity contribution in [2.45, 2.75) is 26.3 Å². The molecule has 0 bridgehead atoms. The largest absolute Gasteiger partial charge is 0.379 e. The van der Waals surface area contributed by atoms with E-state index in [2.05, 4.69) is 46.5 Å². The summed E-state index contributed by atoms with van der Waals surface area (Å²) in [6.45, 7) is 9.75. The van der Waals surface area contributed by atoms with Gasteiger partial charge in [0.1, 0.15) is 5.82 Å². The van der Waals surface area contributed by atoms with Crippen molar-refractivity contribution in [1.29, 1.82) is 0 Å². The van der Waals surface area contributed by atoms with Gasteiger partial charge in [0, 0.05) is 43.9 Å². The molecule has 1 aliphatic heterocycles. The number of hydrogen-bond acceptors (Lipinski definition) is 6. The van der Waals surface area contributed by atoms with Gasteiger partial charge in [0.15, 0.2) is 0 Å². The molecule has 1 atom stereocenters. The van der Waals surface area contributed by atoms with Gasteiger partial charge in [-0.05, 0) is 13.3 Å². The Morgan fingerprint density at radius 1 is 1.15 bits per heavy atom. The van der Waals surface area contributed by atoms with Crippen molar-refractivity contribution >= 4 is 11.8 Å². The molecule has 0 saturated carbocycles. The van der Waals surface area contributed by atoms with Crippen LogP contribution in [0.4, 0.5) is 11.8 Å². The van der Waals surface area contributed by atoms with E-state index >= 15 is 0 Å². The quantitative estimate of drug-likeness (QED) is 0.759. The van der Waals surface area contributed by atoms with Crippen molar-refractivity contribution < 1.29 is 4.74 Å². The lowest BCUT2D eigenvalue weighted by Gasteiger charge is -2.26. The molecule has 26 heavy (non-hydrogen) atoms. The molecule has 0 aliphatic carbocycles. The summed E-state index contributed by atoms with van der Waals surface area (Å²) in [4.78, 5) is 11.8. The fraction of sp³-hybridized carbons (Fsp3) is 0.500. The first kappa shape index (κ1) is 18.6. The van der Waals surface area contributed by atoms with Crippen molar-refractivity contribution in [2.24, 2.45) is 0 Å². The molecule has 6 nitrogen and oxygen atoms in total. The van der Waals surface area contributed by atoms with Gasteiger partial charge in [-0.25, -0.2) is 4.98 Å². The molecule has 6 heteroatoms. The average molecular weight is 355 g/mol. The number of ether oxygens (including phenoxy) is 1. The molecule has 1 aromatic carbocycles. The lowest BCUT2D eigenvalue weighted by atomic mass is 10.1. The highest BCUT2D eigenvalue weighted by atomic mass is 16.5. The summed E-state index contributed by atoms with van der Waals surface area (Å²) in [5.74, 6) is 1.53. The summed E-state index contributed by atoms with van der Waals surface area (Å²) < 4.78 is 5.40. The Bertz CT molecular complexity index is 673. The number of aromatic nitrogens is 2. The van der Waals surface area contributed by atoms with Crippen LogP contribution in [0.2, 0.25) is 0 Å². The van der Waals surface area contributed by atoms with Crippen LogP contribution in [0.1, 0.15) is 20.3 Å². The summed E-state index contributed by atoms with van der Waals surface area (Å²) in [6.07, 6.45) is 1.05. The lowest BCUT2D eigenvalue weighted by molar-refractivity contribution is 0.0398. The van der Waals surface area contributed by atoms with Crippen molar-refractivity contribution in [3.63, 3.8) is 0 Å². The molecule has 2 N–H and O–H groups in total. The molecule has 140 valence electrons. The normalized spacial score (nSPS) is 16.2. The van der Waals surface area contributed by atoms with Crippen LogP contribution in [0.15, 0.2) is 36.4 Å². The predicted molar refractivity (Wildman–Crippen MR) is 107 cm³/mol. The van der Waals surface area contributed by atoms with Gasteiger partial charge in [-0.1, -0.05) is 37.3 Å². The fourth-order valence-electron chi connectivity index (χ4n) is 2.86. The van der Waals surface area contributed by atoms with Crippen LogP contribution in [0.5, 0.6) is 0 Å². The maximum absolute atomic E-state index is 5.40. The van der Waals surface area contributed by atoms with E-state index in [0.717, 1.165) is 62.9 Å². The first-order valence-corrected chi connectivity index (χ1v) is 9.49. The van der Waals surface area contributed by atoms with E-state index in [9.17, 15) is 0 Å². The van der Waals surface area contributed by atoms with Gasteiger partial charge in [-0.15, -0.1) is 0 Å². The molecule has 1 aromatic heterocycles. The maximum Gasteiger partial charge on any atom is 0.225 e. The Hall–Kier alpha value is -2.18. The Balaban J connectivity index is 1.71. The molecule has 2 aromatic rings. The summed E-state index contributed by atoms with van der Waals surface area (Å²) in [7, 11) is 0. The number of nitrogens with one attached hydrogen (secondary N) is 2. The molecule has 1 unspecified atom stereocenters. The summed E-state index contributed by atoms with van der Waals surface area (Å²) >= 11 is 0. The Morgan fingerprint density at radius 2 is 1.92 bits per heavy atom. The zero-order chi connectivity index (χ0) is 18.2. The van der Waals surface area contributed by atoms with Gasteiger partial charge in [0.25, 0.3) is 0 Å². The zero-order valence-electron chi connectivity index (χ0n) is 15.7. The van der Waals surface area contributed by atoms with Crippen LogP contribution < -0.4 is 10.6 Å². The fourth-order valence-corrected chi connectivity index (χ4v) is 2.86. The van der Waals surface area contributed by atoms with Gasteiger partial charge in [-0.3, -0.25) is 4.90 Å². The zero-order valence-corrected chi connectivity index (χ0v) is 15.7. The maximum atomic E-state index is 5.40. The van der Waals surface area contributed by atoms with E-state index in [1.54, 1.807) is 0 Å². The third-order valence-electron chi connectivity index (χ3n) is 4.62. The number of benzene rings is 1. The van der Waals surface area contributed by atoms with Crippen molar-refractivity contribution in [3.05, 3.63) is 36.4 Å². The van der Waals surface area contributed by atoms with Crippen LogP contribution in [-0.4, -0.2) is 60.3 Å². The van der Waals surface area contributed by atoms with E-state index in [0.29, 0.717) is 12.0 Å². The van der Waals surface area contributed by atoms with Crippen molar-refractivity contribution in [3.8, 4) is 11.3 Å². The molecule has 2 heterocycles. The summed E-state index contributed by atoms with van der Waals surface area (Å²) in [6, 6.07) is 12.6. The van der Waals surface area contributed by atoms with Crippen molar-refractivity contribution in [1.82, 2.24) is 14.9 Å². The lowest BCUT2D eigenvalue weighted by Crippen LogP contribution is -2.39. The molecule has 1 saturated heterocycles. The first-order valence-electron chi connectivity index (χ1n) is 9.49. The monoisotopic (exact) mass is 355 g/mol. The van der Waals surface area contributed by atoms with Gasteiger partial charge in [0.05, 0.1) is 18.9 Å². The Labute approximate surface area is 156 Å². The number of rotatable bonds is 8. The highest BCUT2D eigenvalue weighted by Crippen LogP contribution is 2.21. The second kappa shape index (κ2) is 9.50. The van der Waals surface area contributed by atoms with Gasteiger partial charge in [-0.2, -0.15) is 4.98 Å². The van der Waals surface area contributed by atoms with Crippen LogP contribution >= 0.6 is 0 Å². The third-order valence-corrected chi connectivity index (χ3v) is 4.62. The molecule has 3 rings (SSSR count). The minimum Gasteiger partial charge on any atom is -0.379 e. The smallest absolute Gasteiger partial charge is 0.225 e. The molecular formula is C20H29N5O. The van der Waals surface area contributed by atoms with Gasteiger partial charge in [0.2, 0.25) is 5.95 Å². The minimum absolute atomic E-state index is 0.370.